The molecule has 0 radical (unpaired) electrons. The molecule has 0 bridgehead atoms. The van der Waals surface area contributed by atoms with Crippen LogP contribution >= 0.6 is 0 Å². The molecular formula is C15H20N2O2. The third kappa shape index (κ3) is 2.27. The minimum Gasteiger partial charge on any atom is -0.492 e. The van der Waals surface area contributed by atoms with E-state index in [4.69, 9.17) is 4.74 Å². The van der Waals surface area contributed by atoms with E-state index < -0.39 is 0 Å². The van der Waals surface area contributed by atoms with Crippen LogP contribution in [0.3, 0.4) is 0 Å². The Morgan fingerprint density at radius 2 is 2.16 bits per heavy atom. The summed E-state index contributed by atoms with van der Waals surface area (Å²) in [6, 6.07) is 6.50. The zero-order chi connectivity index (χ0) is 13.2. The highest BCUT2D eigenvalue weighted by atomic mass is 16.5. The monoisotopic (exact) mass is 260 g/mol. The molecule has 1 N–H and O–H groups in total. The van der Waals surface area contributed by atoms with Gasteiger partial charge in [0.25, 0.3) is 0 Å². The minimum atomic E-state index is 0.0616. The number of carbonyl (C=O) groups excluding carboxylic acids is 1. The average molecular weight is 260 g/mol. The second kappa shape index (κ2) is 5.11. The Bertz CT molecular complexity index is 481. The van der Waals surface area contributed by atoms with Gasteiger partial charge in [0.15, 0.2) is 0 Å². The molecule has 1 aliphatic heterocycles. The van der Waals surface area contributed by atoms with Gasteiger partial charge in [0.2, 0.25) is 5.91 Å². The van der Waals surface area contributed by atoms with Gasteiger partial charge in [0.1, 0.15) is 11.4 Å². The molecule has 1 fully saturated rings. The first-order valence-corrected chi connectivity index (χ1v) is 7.12. The molecular weight excluding hydrogens is 240 g/mol. The smallest absolute Gasteiger partial charge is 0.244 e. The fraction of sp³-hybridized carbons (Fsp3) is 0.533. The lowest BCUT2D eigenvalue weighted by atomic mass is 10.1. The van der Waals surface area contributed by atoms with E-state index in [0.717, 1.165) is 17.1 Å². The maximum Gasteiger partial charge on any atom is 0.244 e. The van der Waals surface area contributed by atoms with Crippen LogP contribution in [0.1, 0.15) is 32.6 Å². The van der Waals surface area contributed by atoms with E-state index in [1.165, 1.54) is 25.7 Å². The van der Waals surface area contributed by atoms with Gasteiger partial charge in [-0.15, -0.1) is 0 Å². The number of rotatable bonds is 3. The standard InChI is InChI=1S/C15H20N2O2/c1-2-19-13-9-5-8-12-15(13)16-14(18)10-17(12)11-6-3-4-7-11/h5,8-9,11H,2-4,6-7,10H2,1H3,(H,16,18). The van der Waals surface area contributed by atoms with Gasteiger partial charge in [-0.05, 0) is 31.9 Å². The second-order valence-corrected chi connectivity index (χ2v) is 5.20. The molecule has 3 rings (SSSR count). The van der Waals surface area contributed by atoms with Gasteiger partial charge in [-0.3, -0.25) is 4.79 Å². The third-order valence-electron chi connectivity index (χ3n) is 3.96. The third-order valence-corrected chi connectivity index (χ3v) is 3.96. The number of benzene rings is 1. The average Bonchev–Trinajstić information content (AvgIpc) is 2.93. The molecule has 4 heteroatoms. The van der Waals surface area contributed by atoms with Crippen molar-refractivity contribution in [2.75, 3.05) is 23.4 Å². The molecule has 1 aromatic carbocycles. The van der Waals surface area contributed by atoms with Gasteiger partial charge in [0, 0.05) is 6.04 Å². The zero-order valence-electron chi connectivity index (χ0n) is 11.3. The van der Waals surface area contributed by atoms with Gasteiger partial charge in [-0.25, -0.2) is 0 Å². The maximum absolute atomic E-state index is 11.9. The van der Waals surface area contributed by atoms with Crippen LogP contribution in [0.25, 0.3) is 0 Å². The Kier molecular flexibility index (Phi) is 3.32. The summed E-state index contributed by atoms with van der Waals surface area (Å²) in [5, 5.41) is 2.96. The first-order chi connectivity index (χ1) is 9.29. The van der Waals surface area contributed by atoms with Crippen LogP contribution in [-0.2, 0) is 4.79 Å². The normalized spacial score (nSPS) is 19.2. The van der Waals surface area contributed by atoms with Crippen molar-refractivity contribution < 1.29 is 9.53 Å². The number of anilines is 2. The predicted octanol–water partition coefficient (Wildman–Crippen LogP) is 2.79. The largest absolute Gasteiger partial charge is 0.492 e. The van der Waals surface area contributed by atoms with E-state index in [2.05, 4.69) is 16.3 Å². The predicted molar refractivity (Wildman–Crippen MR) is 75.8 cm³/mol. The van der Waals surface area contributed by atoms with E-state index in [1.54, 1.807) is 0 Å². The first kappa shape index (κ1) is 12.3. The molecule has 0 aromatic heterocycles. The first-order valence-electron chi connectivity index (χ1n) is 7.12. The summed E-state index contributed by atoms with van der Waals surface area (Å²) in [5.74, 6) is 0.836. The SMILES string of the molecule is CCOc1cccc2c1NC(=O)CN2C1CCCC1. The molecule has 0 saturated heterocycles. The molecule has 19 heavy (non-hydrogen) atoms. The number of hydrogen-bond acceptors (Lipinski definition) is 3. The molecule has 1 heterocycles. The molecule has 1 aliphatic carbocycles. The summed E-state index contributed by atoms with van der Waals surface area (Å²) in [6.45, 7) is 3.03. The lowest BCUT2D eigenvalue weighted by Crippen LogP contribution is -2.43. The van der Waals surface area contributed by atoms with Crippen LogP contribution in [0.5, 0.6) is 5.75 Å². The fourth-order valence-electron chi connectivity index (χ4n) is 3.12. The Morgan fingerprint density at radius 3 is 2.89 bits per heavy atom. The van der Waals surface area contributed by atoms with Crippen LogP contribution in [-0.4, -0.2) is 25.1 Å². The summed E-state index contributed by atoms with van der Waals surface area (Å²) in [6.07, 6.45) is 4.91. The molecule has 1 saturated carbocycles. The van der Waals surface area contributed by atoms with Crippen molar-refractivity contribution in [2.24, 2.45) is 0 Å². The van der Waals surface area contributed by atoms with Crippen molar-refractivity contribution in [3.63, 3.8) is 0 Å². The molecule has 0 unspecified atom stereocenters. The minimum absolute atomic E-state index is 0.0616. The highest BCUT2D eigenvalue weighted by Gasteiger charge is 2.31. The molecule has 4 nitrogen and oxygen atoms in total. The molecule has 1 amide bonds. The van der Waals surface area contributed by atoms with Gasteiger partial charge >= 0.3 is 0 Å². The van der Waals surface area contributed by atoms with Gasteiger partial charge in [-0.1, -0.05) is 18.9 Å². The van der Waals surface area contributed by atoms with E-state index in [1.807, 2.05) is 19.1 Å². The summed E-state index contributed by atoms with van der Waals surface area (Å²) < 4.78 is 5.62. The van der Waals surface area contributed by atoms with Crippen molar-refractivity contribution in [1.82, 2.24) is 0 Å². The Balaban J connectivity index is 1.98. The quantitative estimate of drug-likeness (QED) is 0.908. The van der Waals surface area contributed by atoms with Gasteiger partial charge in [0.05, 0.1) is 18.8 Å². The van der Waals surface area contributed by atoms with Crippen molar-refractivity contribution in [2.45, 2.75) is 38.6 Å². The number of nitrogens with zero attached hydrogens (tertiary/aromatic N) is 1. The van der Waals surface area contributed by atoms with Gasteiger partial charge in [-0.2, -0.15) is 0 Å². The number of fused-ring (bicyclic) bond motifs is 1. The Hall–Kier alpha value is -1.71. The van der Waals surface area contributed by atoms with Crippen molar-refractivity contribution in [3.8, 4) is 5.75 Å². The highest BCUT2D eigenvalue weighted by molar-refractivity contribution is 6.03. The Morgan fingerprint density at radius 1 is 1.37 bits per heavy atom. The maximum atomic E-state index is 11.9. The summed E-state index contributed by atoms with van der Waals surface area (Å²) in [4.78, 5) is 14.2. The number of carbonyl (C=O) groups is 1. The number of hydrogen-bond donors (Lipinski definition) is 1. The molecule has 2 aliphatic rings. The van der Waals surface area contributed by atoms with Crippen molar-refractivity contribution in [1.29, 1.82) is 0 Å². The number of nitrogens with one attached hydrogen (secondary N) is 1. The number of para-hydroxylation sites is 1. The van der Waals surface area contributed by atoms with Crippen molar-refractivity contribution in [3.05, 3.63) is 18.2 Å². The fourth-order valence-corrected chi connectivity index (χ4v) is 3.12. The van der Waals surface area contributed by atoms with Crippen LogP contribution in [0.15, 0.2) is 18.2 Å². The molecule has 1 aromatic rings. The van der Waals surface area contributed by atoms with E-state index in [0.29, 0.717) is 19.2 Å². The molecule has 0 atom stereocenters. The molecule has 102 valence electrons. The topological polar surface area (TPSA) is 41.6 Å². The summed E-state index contributed by atoms with van der Waals surface area (Å²) in [7, 11) is 0. The molecule has 0 spiro atoms. The van der Waals surface area contributed by atoms with Crippen molar-refractivity contribution >= 4 is 17.3 Å². The second-order valence-electron chi connectivity index (χ2n) is 5.20. The van der Waals surface area contributed by atoms with E-state index in [-0.39, 0.29) is 5.91 Å². The van der Waals surface area contributed by atoms with Crippen LogP contribution in [0.2, 0.25) is 0 Å². The highest BCUT2D eigenvalue weighted by Crippen LogP contribution is 2.40. The lowest BCUT2D eigenvalue weighted by Gasteiger charge is -2.36. The van der Waals surface area contributed by atoms with E-state index in [9.17, 15) is 4.79 Å². The van der Waals surface area contributed by atoms with E-state index >= 15 is 0 Å². The summed E-state index contributed by atoms with van der Waals surface area (Å²) >= 11 is 0. The van der Waals surface area contributed by atoms with Crippen LogP contribution in [0.4, 0.5) is 11.4 Å². The van der Waals surface area contributed by atoms with Crippen LogP contribution in [0, 0.1) is 0 Å². The van der Waals surface area contributed by atoms with Crippen LogP contribution < -0.4 is 15.0 Å². The number of amides is 1. The zero-order valence-corrected chi connectivity index (χ0v) is 11.3. The number of ether oxygens (including phenoxy) is 1. The summed E-state index contributed by atoms with van der Waals surface area (Å²) in [5.41, 5.74) is 1.95. The van der Waals surface area contributed by atoms with Gasteiger partial charge < -0.3 is 15.0 Å². The Labute approximate surface area is 113 Å². The lowest BCUT2D eigenvalue weighted by molar-refractivity contribution is -0.115.